The predicted octanol–water partition coefficient (Wildman–Crippen LogP) is 3.94. The van der Waals surface area contributed by atoms with Gasteiger partial charge in [-0.2, -0.15) is 0 Å². The first-order valence-electron chi connectivity index (χ1n) is 6.07. The van der Waals surface area contributed by atoms with Crippen LogP contribution in [0, 0.1) is 0 Å². The topological polar surface area (TPSA) is 26.3 Å². The maximum Gasteiger partial charge on any atom is 0.159 e. The molecule has 0 amide bonds. The minimum absolute atomic E-state index is 0.105. The Kier molecular flexibility index (Phi) is 4.33. The third-order valence-electron chi connectivity index (χ3n) is 3.17. The second-order valence-corrected chi connectivity index (χ2v) is 4.96. The van der Waals surface area contributed by atoms with Gasteiger partial charge in [-0.1, -0.05) is 18.2 Å². The molecule has 0 spiro atoms. The average molecular weight is 234 g/mol. The summed E-state index contributed by atoms with van der Waals surface area (Å²) in [6.07, 6.45) is 6.51. The van der Waals surface area contributed by atoms with Crippen molar-refractivity contribution < 1.29 is 9.53 Å². The minimum atomic E-state index is -0.378. The third kappa shape index (κ3) is 3.32. The van der Waals surface area contributed by atoms with Crippen LogP contribution in [-0.4, -0.2) is 11.4 Å². The first-order valence-corrected chi connectivity index (χ1v) is 6.07. The molecule has 0 N–H and O–H groups in total. The van der Waals surface area contributed by atoms with E-state index in [4.69, 9.17) is 4.74 Å². The van der Waals surface area contributed by atoms with Crippen molar-refractivity contribution in [3.8, 4) is 0 Å². The van der Waals surface area contributed by atoms with Gasteiger partial charge in [0.2, 0.25) is 0 Å². The Balaban J connectivity index is 2.73. The zero-order valence-corrected chi connectivity index (χ0v) is 11.3. The highest BCUT2D eigenvalue weighted by atomic mass is 16.5. The Bertz CT molecular complexity index is 384. The van der Waals surface area contributed by atoms with Crippen LogP contribution in [0.4, 0.5) is 0 Å². The summed E-state index contributed by atoms with van der Waals surface area (Å²) < 4.78 is 5.87. The van der Waals surface area contributed by atoms with E-state index in [1.54, 1.807) is 6.92 Å². The van der Waals surface area contributed by atoms with Crippen LogP contribution in [0.5, 0.6) is 0 Å². The summed E-state index contributed by atoms with van der Waals surface area (Å²) in [7, 11) is 0. The van der Waals surface area contributed by atoms with Gasteiger partial charge >= 0.3 is 0 Å². The van der Waals surface area contributed by atoms with E-state index in [1.165, 1.54) is 5.57 Å². The molecule has 1 unspecified atom stereocenters. The molecule has 0 saturated heterocycles. The van der Waals surface area contributed by atoms with E-state index < -0.39 is 0 Å². The molecule has 0 aromatic rings. The predicted molar refractivity (Wildman–Crippen MR) is 70.7 cm³/mol. The Morgan fingerprint density at radius 1 is 1.47 bits per heavy atom. The lowest BCUT2D eigenvalue weighted by atomic mass is 9.90. The van der Waals surface area contributed by atoms with Gasteiger partial charge in [0, 0.05) is 12.0 Å². The first-order chi connectivity index (χ1) is 7.90. The second-order valence-electron chi connectivity index (χ2n) is 4.96. The van der Waals surface area contributed by atoms with E-state index >= 15 is 0 Å². The van der Waals surface area contributed by atoms with Gasteiger partial charge in [-0.3, -0.25) is 4.79 Å². The van der Waals surface area contributed by atoms with E-state index in [9.17, 15) is 4.79 Å². The fraction of sp³-hybridized carbons (Fsp3) is 0.533. The van der Waals surface area contributed by atoms with Crippen molar-refractivity contribution in [1.29, 1.82) is 0 Å². The van der Waals surface area contributed by atoms with Gasteiger partial charge in [0.1, 0.15) is 11.4 Å². The normalized spacial score (nSPS) is 23.3. The van der Waals surface area contributed by atoms with Crippen LogP contribution in [0.2, 0.25) is 0 Å². The molecule has 17 heavy (non-hydrogen) atoms. The van der Waals surface area contributed by atoms with E-state index in [0.29, 0.717) is 6.42 Å². The third-order valence-corrected chi connectivity index (χ3v) is 3.17. The molecule has 0 aromatic heterocycles. The van der Waals surface area contributed by atoms with Crippen LogP contribution in [0.1, 0.15) is 47.0 Å². The first kappa shape index (κ1) is 13.8. The number of carbonyl (C=O) groups excluding carboxylic acids is 1. The van der Waals surface area contributed by atoms with Crippen molar-refractivity contribution in [3.05, 3.63) is 35.6 Å². The largest absolute Gasteiger partial charge is 0.487 e. The minimum Gasteiger partial charge on any atom is -0.487 e. The van der Waals surface area contributed by atoms with Gasteiger partial charge in [-0.15, -0.1) is 0 Å². The molecule has 1 aliphatic rings. The van der Waals surface area contributed by atoms with Gasteiger partial charge in [0.15, 0.2) is 5.78 Å². The molecule has 0 radical (unpaired) electrons. The van der Waals surface area contributed by atoms with Crippen molar-refractivity contribution in [1.82, 2.24) is 0 Å². The Morgan fingerprint density at radius 3 is 2.53 bits per heavy atom. The molecule has 1 heterocycles. The second kappa shape index (κ2) is 5.35. The van der Waals surface area contributed by atoms with Gasteiger partial charge in [0.05, 0.1) is 0 Å². The van der Waals surface area contributed by atoms with Crippen molar-refractivity contribution in [2.75, 3.05) is 0 Å². The smallest absolute Gasteiger partial charge is 0.159 e. The van der Waals surface area contributed by atoms with Gasteiger partial charge in [-0.05, 0) is 46.6 Å². The highest BCUT2D eigenvalue weighted by Crippen LogP contribution is 2.38. The average Bonchev–Trinajstić information content (AvgIpc) is 2.56. The van der Waals surface area contributed by atoms with Gasteiger partial charge in [-0.25, -0.2) is 0 Å². The van der Waals surface area contributed by atoms with Crippen LogP contribution in [0.3, 0.4) is 0 Å². The number of hydrogen-bond acceptors (Lipinski definition) is 2. The monoisotopic (exact) mass is 234 g/mol. The molecule has 2 heteroatoms. The lowest BCUT2D eigenvalue weighted by molar-refractivity contribution is -0.113. The molecule has 2 nitrogen and oxygen atoms in total. The number of Topliss-reactive ketones (excluding diaryl/α,β-unsaturated/α-hetero) is 1. The Morgan fingerprint density at radius 2 is 2.12 bits per heavy atom. The lowest BCUT2D eigenvalue weighted by Gasteiger charge is -2.25. The lowest BCUT2D eigenvalue weighted by Crippen LogP contribution is -2.25. The molecule has 0 saturated carbocycles. The number of allylic oxidation sites excluding steroid dienone is 3. The molecule has 0 aliphatic carbocycles. The van der Waals surface area contributed by atoms with E-state index in [-0.39, 0.29) is 11.4 Å². The zero-order valence-electron chi connectivity index (χ0n) is 11.3. The maximum atomic E-state index is 11.5. The number of rotatable bonds is 5. The van der Waals surface area contributed by atoms with Gasteiger partial charge < -0.3 is 4.74 Å². The van der Waals surface area contributed by atoms with E-state index in [0.717, 1.165) is 24.2 Å². The van der Waals surface area contributed by atoms with Crippen LogP contribution in [-0.2, 0) is 9.53 Å². The number of hydrogen-bond donors (Lipinski definition) is 0. The van der Waals surface area contributed by atoms with Crippen molar-refractivity contribution in [2.45, 2.75) is 52.6 Å². The maximum absolute atomic E-state index is 11.5. The summed E-state index contributed by atoms with van der Waals surface area (Å²) in [6.45, 7) is 11.5. The highest BCUT2D eigenvalue weighted by molar-refractivity contribution is 5.94. The molecule has 1 rings (SSSR count). The van der Waals surface area contributed by atoms with Crippen LogP contribution in [0.15, 0.2) is 35.6 Å². The Labute approximate surface area is 104 Å². The van der Waals surface area contributed by atoms with Crippen molar-refractivity contribution in [2.24, 2.45) is 0 Å². The number of carbonyl (C=O) groups is 1. The van der Waals surface area contributed by atoms with E-state index in [1.807, 2.05) is 13.0 Å². The number of ketones is 1. The summed E-state index contributed by atoms with van der Waals surface area (Å²) in [4.78, 5) is 11.5. The summed E-state index contributed by atoms with van der Waals surface area (Å²) in [6, 6.07) is 0. The quantitative estimate of drug-likeness (QED) is 0.673. The summed E-state index contributed by atoms with van der Waals surface area (Å²) in [5.74, 6) is 0.864. The Hall–Kier alpha value is -1.31. The fourth-order valence-corrected chi connectivity index (χ4v) is 2.16. The van der Waals surface area contributed by atoms with E-state index in [2.05, 4.69) is 26.5 Å². The van der Waals surface area contributed by atoms with Crippen molar-refractivity contribution in [3.63, 3.8) is 0 Å². The molecule has 94 valence electrons. The molecule has 0 bridgehead atoms. The summed E-state index contributed by atoms with van der Waals surface area (Å²) in [5.41, 5.74) is 1.73. The fourth-order valence-electron chi connectivity index (χ4n) is 2.16. The van der Waals surface area contributed by atoms with Crippen LogP contribution >= 0.6 is 0 Å². The SMILES string of the molecule is C=CC1(CCC=C(C)C)CC(C(C)=O)=C(C)O1. The summed E-state index contributed by atoms with van der Waals surface area (Å²) >= 11 is 0. The molecule has 0 fully saturated rings. The van der Waals surface area contributed by atoms with Gasteiger partial charge in [0.25, 0.3) is 0 Å². The van der Waals surface area contributed by atoms with Crippen LogP contribution < -0.4 is 0 Å². The molecular weight excluding hydrogens is 212 g/mol. The standard InChI is InChI=1S/C15H22O2/c1-6-15(9-7-8-11(2)3)10-14(12(4)16)13(5)17-15/h6,8H,1,7,9-10H2,2-5H3. The van der Waals surface area contributed by atoms with Crippen molar-refractivity contribution >= 4 is 5.78 Å². The zero-order chi connectivity index (χ0) is 13.1. The number of ether oxygens (including phenoxy) is 1. The molecule has 0 aromatic carbocycles. The summed E-state index contributed by atoms with van der Waals surface area (Å²) in [5, 5.41) is 0. The van der Waals surface area contributed by atoms with Crippen LogP contribution in [0.25, 0.3) is 0 Å². The molecular formula is C15H22O2. The molecule has 1 atom stereocenters. The highest BCUT2D eigenvalue weighted by Gasteiger charge is 2.37. The molecule has 1 aliphatic heterocycles.